The van der Waals surface area contributed by atoms with Crippen LogP contribution in [0.3, 0.4) is 0 Å². The molecule has 0 aliphatic rings. The van der Waals surface area contributed by atoms with E-state index >= 15 is 0 Å². The number of aliphatic hydroxyl groups excluding tert-OH is 1. The average Bonchev–Trinajstić information content (AvgIpc) is 2.52. The molecule has 1 atom stereocenters. The Morgan fingerprint density at radius 3 is 1.96 bits per heavy atom. The summed E-state index contributed by atoms with van der Waals surface area (Å²) in [6.07, 6.45) is 10.5. The smallest absolute Gasteiger partial charge is 0.326 e. The Bertz CT molecular complexity index is 370. The number of hydrogen-bond acceptors (Lipinski definition) is 4. The van der Waals surface area contributed by atoms with Crippen molar-refractivity contribution in [1.29, 1.82) is 0 Å². The molecule has 0 aromatic carbocycles. The maximum absolute atomic E-state index is 11.7. The van der Waals surface area contributed by atoms with Crippen molar-refractivity contribution in [3.63, 3.8) is 0 Å². The first kappa shape index (κ1) is 22.6. The minimum atomic E-state index is -1.20. The largest absolute Gasteiger partial charge is 0.480 e. The Labute approximate surface area is 145 Å². The lowest BCUT2D eigenvalue weighted by molar-refractivity contribution is -0.143. The van der Waals surface area contributed by atoms with Crippen molar-refractivity contribution in [2.24, 2.45) is 0 Å². The maximum atomic E-state index is 11.7. The second kappa shape index (κ2) is 15.1. The molecule has 1 amide bonds. The number of aliphatic carboxylic acids is 1. The van der Waals surface area contributed by atoms with Crippen molar-refractivity contribution in [2.75, 3.05) is 6.61 Å². The van der Waals surface area contributed by atoms with Crippen LogP contribution in [0, 0.1) is 0 Å². The first-order chi connectivity index (χ1) is 11.5. The van der Waals surface area contributed by atoms with Gasteiger partial charge in [-0.2, -0.15) is 0 Å². The number of carboxylic acids is 1. The molecular weight excluding hydrogens is 310 g/mol. The highest BCUT2D eigenvalue weighted by molar-refractivity contribution is 5.99. The molecule has 0 unspecified atom stereocenters. The van der Waals surface area contributed by atoms with Crippen LogP contribution in [0.1, 0.15) is 84.0 Å². The fourth-order valence-electron chi connectivity index (χ4n) is 2.53. The van der Waals surface area contributed by atoms with Gasteiger partial charge in [0.15, 0.2) is 0 Å². The number of amides is 1. The van der Waals surface area contributed by atoms with Crippen LogP contribution in [0.2, 0.25) is 0 Å². The van der Waals surface area contributed by atoms with Gasteiger partial charge in [-0.1, -0.05) is 58.3 Å². The van der Waals surface area contributed by atoms with Crippen molar-refractivity contribution in [3.05, 3.63) is 0 Å². The summed E-state index contributed by atoms with van der Waals surface area (Å²) in [5, 5.41) is 19.9. The number of carbonyl (C=O) groups is 3. The molecule has 0 radical (unpaired) electrons. The average molecular weight is 343 g/mol. The lowest BCUT2D eigenvalue weighted by Crippen LogP contribution is -2.42. The number of unbranched alkanes of at least 4 members (excludes halogenated alkanes) is 8. The van der Waals surface area contributed by atoms with E-state index in [0.717, 1.165) is 19.3 Å². The lowest BCUT2D eigenvalue weighted by Gasteiger charge is -2.12. The number of nitrogens with one attached hydrogen (secondary N) is 1. The zero-order valence-corrected chi connectivity index (χ0v) is 14.9. The standard InChI is InChI=1S/C18H33NO5/c1-2-3-4-5-6-7-8-9-10-11-15(21)14-17(22)19-16(12-13-20)18(23)24/h16,20H,2-14H2,1H3,(H,19,22)(H,23,24)/t16-/m0/s1. The molecule has 0 aliphatic heterocycles. The molecule has 140 valence electrons. The highest BCUT2D eigenvalue weighted by Crippen LogP contribution is 2.11. The number of aliphatic hydroxyl groups is 1. The first-order valence-corrected chi connectivity index (χ1v) is 9.16. The molecule has 0 heterocycles. The second-order valence-corrected chi connectivity index (χ2v) is 6.26. The normalized spacial score (nSPS) is 11.9. The highest BCUT2D eigenvalue weighted by atomic mass is 16.4. The summed E-state index contributed by atoms with van der Waals surface area (Å²) in [6, 6.07) is -1.14. The number of carboxylic acid groups (broad SMARTS) is 1. The number of carbonyl (C=O) groups excluding carboxylic acids is 2. The molecule has 3 N–H and O–H groups in total. The van der Waals surface area contributed by atoms with E-state index in [4.69, 9.17) is 10.2 Å². The van der Waals surface area contributed by atoms with Crippen LogP contribution < -0.4 is 5.32 Å². The quantitative estimate of drug-likeness (QED) is 0.295. The van der Waals surface area contributed by atoms with E-state index in [1.54, 1.807) is 0 Å². The van der Waals surface area contributed by atoms with Gasteiger partial charge in [-0.3, -0.25) is 9.59 Å². The Morgan fingerprint density at radius 1 is 0.917 bits per heavy atom. The van der Waals surface area contributed by atoms with Gasteiger partial charge in [-0.25, -0.2) is 4.79 Å². The SMILES string of the molecule is CCCCCCCCCCCC(=O)CC(=O)N[C@@H](CCO)C(=O)O. The summed E-state index contributed by atoms with van der Waals surface area (Å²) in [4.78, 5) is 34.2. The van der Waals surface area contributed by atoms with Crippen molar-refractivity contribution in [2.45, 2.75) is 90.0 Å². The van der Waals surface area contributed by atoms with Gasteiger partial charge in [0.05, 0.1) is 6.42 Å². The number of hydrogen-bond donors (Lipinski definition) is 3. The molecular formula is C18H33NO5. The summed E-state index contributed by atoms with van der Waals surface area (Å²) < 4.78 is 0. The maximum Gasteiger partial charge on any atom is 0.326 e. The highest BCUT2D eigenvalue weighted by Gasteiger charge is 2.20. The predicted molar refractivity (Wildman–Crippen MR) is 92.7 cm³/mol. The minimum Gasteiger partial charge on any atom is -0.480 e. The molecule has 24 heavy (non-hydrogen) atoms. The van der Waals surface area contributed by atoms with Crippen molar-refractivity contribution >= 4 is 17.7 Å². The van der Waals surface area contributed by atoms with Crippen molar-refractivity contribution in [3.8, 4) is 0 Å². The topological polar surface area (TPSA) is 104 Å². The van der Waals surface area contributed by atoms with Gasteiger partial charge in [-0.05, 0) is 6.42 Å². The molecule has 0 spiro atoms. The van der Waals surface area contributed by atoms with Crippen molar-refractivity contribution in [1.82, 2.24) is 5.32 Å². The van der Waals surface area contributed by atoms with Crippen LogP contribution in [-0.2, 0) is 14.4 Å². The number of ketones is 1. The van der Waals surface area contributed by atoms with E-state index in [1.807, 2.05) is 0 Å². The molecule has 0 aromatic heterocycles. The fraction of sp³-hybridized carbons (Fsp3) is 0.833. The zero-order chi connectivity index (χ0) is 18.2. The van der Waals surface area contributed by atoms with Gasteiger partial charge >= 0.3 is 5.97 Å². The van der Waals surface area contributed by atoms with Crippen LogP contribution in [0.15, 0.2) is 0 Å². The minimum absolute atomic E-state index is 0.0620. The van der Waals surface area contributed by atoms with Crippen LogP contribution in [0.4, 0.5) is 0 Å². The van der Waals surface area contributed by atoms with Crippen LogP contribution >= 0.6 is 0 Å². The Balaban J connectivity index is 3.67. The van der Waals surface area contributed by atoms with E-state index in [2.05, 4.69) is 12.2 Å². The summed E-state index contributed by atoms with van der Waals surface area (Å²) >= 11 is 0. The monoisotopic (exact) mass is 343 g/mol. The molecule has 0 aliphatic carbocycles. The van der Waals surface area contributed by atoms with E-state index in [-0.39, 0.29) is 25.2 Å². The second-order valence-electron chi connectivity index (χ2n) is 6.26. The fourth-order valence-corrected chi connectivity index (χ4v) is 2.53. The summed E-state index contributed by atoms with van der Waals surface area (Å²) in [7, 11) is 0. The zero-order valence-electron chi connectivity index (χ0n) is 14.9. The van der Waals surface area contributed by atoms with Crippen molar-refractivity contribution < 1.29 is 24.6 Å². The molecule has 0 rings (SSSR count). The van der Waals surface area contributed by atoms with E-state index in [0.29, 0.717) is 6.42 Å². The van der Waals surface area contributed by atoms with E-state index in [1.165, 1.54) is 38.5 Å². The molecule has 0 saturated heterocycles. The van der Waals surface area contributed by atoms with Gasteiger partial charge in [0, 0.05) is 19.4 Å². The molecule has 0 bridgehead atoms. The van der Waals surface area contributed by atoms with Gasteiger partial charge < -0.3 is 15.5 Å². The molecule has 6 nitrogen and oxygen atoms in total. The Hall–Kier alpha value is -1.43. The van der Waals surface area contributed by atoms with Crippen LogP contribution in [0.5, 0.6) is 0 Å². The van der Waals surface area contributed by atoms with Gasteiger partial charge in [0.1, 0.15) is 11.8 Å². The predicted octanol–water partition coefficient (Wildman–Crippen LogP) is 2.82. The number of rotatable bonds is 16. The Kier molecular flexibility index (Phi) is 14.2. The summed E-state index contributed by atoms with van der Waals surface area (Å²) in [6.45, 7) is 1.87. The Morgan fingerprint density at radius 2 is 1.46 bits per heavy atom. The third-order valence-corrected chi connectivity index (χ3v) is 3.97. The molecule has 6 heteroatoms. The van der Waals surface area contributed by atoms with E-state index < -0.39 is 17.9 Å². The van der Waals surface area contributed by atoms with Gasteiger partial charge in [0.25, 0.3) is 0 Å². The summed E-state index contributed by atoms with van der Waals surface area (Å²) in [5.41, 5.74) is 0. The molecule has 0 saturated carbocycles. The third-order valence-electron chi connectivity index (χ3n) is 3.97. The van der Waals surface area contributed by atoms with Crippen LogP contribution in [-0.4, -0.2) is 40.5 Å². The molecule has 0 aromatic rings. The molecule has 0 fully saturated rings. The number of Topliss-reactive ketones (excluding diaryl/α,β-unsaturated/α-hetero) is 1. The lowest BCUT2D eigenvalue weighted by atomic mass is 10.0. The van der Waals surface area contributed by atoms with Gasteiger partial charge in [-0.15, -0.1) is 0 Å². The van der Waals surface area contributed by atoms with E-state index in [9.17, 15) is 14.4 Å². The van der Waals surface area contributed by atoms with Crippen LogP contribution in [0.25, 0.3) is 0 Å². The third kappa shape index (κ3) is 13.0. The summed E-state index contributed by atoms with van der Waals surface area (Å²) in [5.74, 6) is -1.95. The van der Waals surface area contributed by atoms with Gasteiger partial charge in [0.2, 0.25) is 5.91 Å². The first-order valence-electron chi connectivity index (χ1n) is 9.16.